The van der Waals surface area contributed by atoms with Gasteiger partial charge in [-0.15, -0.1) is 0 Å². The molecule has 0 spiro atoms. The van der Waals surface area contributed by atoms with Crippen molar-refractivity contribution in [2.75, 3.05) is 0 Å². The lowest BCUT2D eigenvalue weighted by atomic mass is 10.1. The van der Waals surface area contributed by atoms with Gasteiger partial charge in [0.1, 0.15) is 22.7 Å². The van der Waals surface area contributed by atoms with E-state index >= 15 is 0 Å². The van der Waals surface area contributed by atoms with Crippen molar-refractivity contribution in [3.05, 3.63) is 59.5 Å². The van der Waals surface area contributed by atoms with E-state index in [4.69, 9.17) is 16.3 Å². The fourth-order valence-electron chi connectivity index (χ4n) is 1.95. The quantitative estimate of drug-likeness (QED) is 0.797. The van der Waals surface area contributed by atoms with Crippen LogP contribution in [0, 0.1) is 0 Å². The van der Waals surface area contributed by atoms with Crippen LogP contribution in [0.15, 0.2) is 48.9 Å². The molecular weight excluding hydrogens is 292 g/mol. The first-order chi connectivity index (χ1) is 10.1. The number of carboxylic acid groups (broad SMARTS) is 1. The Hall–Kier alpha value is -2.66. The summed E-state index contributed by atoms with van der Waals surface area (Å²) >= 11 is 5.93. The zero-order valence-electron chi connectivity index (χ0n) is 10.7. The van der Waals surface area contributed by atoms with Crippen molar-refractivity contribution in [2.45, 2.75) is 0 Å². The maximum atomic E-state index is 11.4. The normalized spacial score (nSPS) is 10.5. The van der Waals surface area contributed by atoms with Crippen molar-refractivity contribution >= 4 is 28.3 Å². The summed E-state index contributed by atoms with van der Waals surface area (Å²) in [6, 6.07) is 10.6. The smallest absolute Gasteiger partial charge is 0.339 e. The van der Waals surface area contributed by atoms with Gasteiger partial charge in [-0.05, 0) is 22.9 Å². The molecule has 0 aliphatic carbocycles. The molecule has 0 atom stereocenters. The fraction of sp³-hybridized carbons (Fsp3) is 0. The number of fused-ring (bicyclic) bond motifs is 1. The number of rotatable bonds is 3. The molecule has 0 radical (unpaired) electrons. The lowest BCUT2D eigenvalue weighted by Crippen LogP contribution is -2.01. The van der Waals surface area contributed by atoms with Gasteiger partial charge in [-0.2, -0.15) is 0 Å². The Morgan fingerprint density at radius 2 is 1.90 bits per heavy atom. The van der Waals surface area contributed by atoms with Crippen molar-refractivity contribution in [3.63, 3.8) is 0 Å². The van der Waals surface area contributed by atoms with Crippen LogP contribution < -0.4 is 4.74 Å². The Morgan fingerprint density at radius 1 is 1.19 bits per heavy atom. The molecule has 2 aromatic carbocycles. The lowest BCUT2D eigenvalue weighted by molar-refractivity contribution is 0.0694. The first-order valence-corrected chi connectivity index (χ1v) is 6.42. The lowest BCUT2D eigenvalue weighted by Gasteiger charge is -2.10. The number of halogens is 1. The van der Waals surface area contributed by atoms with Crippen LogP contribution in [0.2, 0.25) is 5.02 Å². The van der Waals surface area contributed by atoms with E-state index < -0.39 is 5.97 Å². The number of carboxylic acids is 1. The Bertz CT molecular complexity index is 836. The van der Waals surface area contributed by atoms with E-state index in [1.165, 1.54) is 12.5 Å². The Kier molecular flexibility index (Phi) is 3.41. The molecule has 0 aliphatic heterocycles. The molecule has 0 unspecified atom stereocenters. The number of carbonyl (C=O) groups is 1. The predicted molar refractivity (Wildman–Crippen MR) is 78.0 cm³/mol. The highest BCUT2D eigenvalue weighted by Crippen LogP contribution is 2.31. The summed E-state index contributed by atoms with van der Waals surface area (Å²) in [5.74, 6) is -0.785. The number of aromatic nitrogens is 2. The first-order valence-electron chi connectivity index (χ1n) is 6.04. The Balaban J connectivity index is 2.14. The summed E-state index contributed by atoms with van der Waals surface area (Å²) < 4.78 is 5.55. The number of nitrogens with zero attached hydrogens (tertiary/aromatic N) is 2. The van der Waals surface area contributed by atoms with Gasteiger partial charge in [-0.3, -0.25) is 0 Å². The summed E-state index contributed by atoms with van der Waals surface area (Å²) in [5, 5.41) is 11.2. The van der Waals surface area contributed by atoms with E-state index in [1.807, 2.05) is 24.3 Å². The van der Waals surface area contributed by atoms with Gasteiger partial charge in [0.05, 0.1) is 6.20 Å². The number of ether oxygens (including phenoxy) is 1. The van der Waals surface area contributed by atoms with Crippen LogP contribution in [0.4, 0.5) is 0 Å². The molecule has 0 aliphatic rings. The number of benzene rings is 2. The molecule has 5 nitrogen and oxygen atoms in total. The van der Waals surface area contributed by atoms with Gasteiger partial charge in [0, 0.05) is 0 Å². The second-order valence-corrected chi connectivity index (χ2v) is 4.69. The van der Waals surface area contributed by atoms with Crippen LogP contribution in [-0.4, -0.2) is 21.0 Å². The van der Waals surface area contributed by atoms with Crippen LogP contribution in [0.25, 0.3) is 10.8 Å². The maximum absolute atomic E-state index is 11.4. The average Bonchev–Trinajstić information content (AvgIpc) is 2.48. The molecule has 3 rings (SSSR count). The van der Waals surface area contributed by atoms with Gasteiger partial charge in [-0.1, -0.05) is 35.9 Å². The predicted octanol–water partition coefficient (Wildman–Crippen LogP) is 3.77. The van der Waals surface area contributed by atoms with E-state index in [0.717, 1.165) is 10.8 Å². The molecular formula is C15H9ClN2O3. The second kappa shape index (κ2) is 5.38. The third kappa shape index (κ3) is 2.64. The minimum atomic E-state index is -1.08. The number of hydrogen-bond donors (Lipinski definition) is 1. The highest BCUT2D eigenvalue weighted by molar-refractivity contribution is 6.31. The zero-order chi connectivity index (χ0) is 14.8. The second-order valence-electron chi connectivity index (χ2n) is 4.28. The molecule has 0 amide bonds. The molecule has 0 saturated carbocycles. The first kappa shape index (κ1) is 13.3. The average molecular weight is 301 g/mol. The zero-order valence-corrected chi connectivity index (χ0v) is 11.4. The van der Waals surface area contributed by atoms with Crippen LogP contribution in [0.5, 0.6) is 11.6 Å². The van der Waals surface area contributed by atoms with Crippen LogP contribution in [-0.2, 0) is 0 Å². The molecule has 3 aromatic rings. The summed E-state index contributed by atoms with van der Waals surface area (Å²) in [4.78, 5) is 19.0. The standard InChI is InChI=1S/C15H9ClN2O3/c16-12-7-17-8-18-14(12)21-13-6-10-4-2-1-3-9(10)5-11(13)15(19)20/h1-8H,(H,19,20). The van der Waals surface area contributed by atoms with Crippen molar-refractivity contribution in [2.24, 2.45) is 0 Å². The Morgan fingerprint density at radius 3 is 2.57 bits per heavy atom. The molecule has 1 N–H and O–H groups in total. The third-order valence-electron chi connectivity index (χ3n) is 2.92. The fourth-order valence-corrected chi connectivity index (χ4v) is 2.10. The number of aromatic carboxylic acids is 1. The number of hydrogen-bond acceptors (Lipinski definition) is 4. The third-order valence-corrected chi connectivity index (χ3v) is 3.18. The highest BCUT2D eigenvalue weighted by Gasteiger charge is 2.15. The molecule has 0 saturated heterocycles. The summed E-state index contributed by atoms with van der Waals surface area (Å²) in [6.07, 6.45) is 2.66. The van der Waals surface area contributed by atoms with Gasteiger partial charge in [0.2, 0.25) is 5.88 Å². The minimum Gasteiger partial charge on any atom is -0.478 e. The van der Waals surface area contributed by atoms with Gasteiger partial charge in [0.25, 0.3) is 0 Å². The van der Waals surface area contributed by atoms with Gasteiger partial charge in [-0.25, -0.2) is 14.8 Å². The topological polar surface area (TPSA) is 72.3 Å². The molecule has 6 heteroatoms. The van der Waals surface area contributed by atoms with Gasteiger partial charge < -0.3 is 9.84 Å². The minimum absolute atomic E-state index is 0.0448. The van der Waals surface area contributed by atoms with Crippen LogP contribution in [0.3, 0.4) is 0 Å². The summed E-state index contributed by atoms with van der Waals surface area (Å²) in [5.41, 5.74) is 0.0448. The monoisotopic (exact) mass is 300 g/mol. The van der Waals surface area contributed by atoms with Crippen molar-refractivity contribution in [1.29, 1.82) is 0 Å². The Labute approximate surface area is 124 Å². The van der Waals surface area contributed by atoms with E-state index in [2.05, 4.69) is 9.97 Å². The van der Waals surface area contributed by atoms with E-state index in [0.29, 0.717) is 0 Å². The van der Waals surface area contributed by atoms with Crippen molar-refractivity contribution in [1.82, 2.24) is 9.97 Å². The molecule has 21 heavy (non-hydrogen) atoms. The SMILES string of the molecule is O=C(O)c1cc2ccccc2cc1Oc1ncncc1Cl. The van der Waals surface area contributed by atoms with Crippen molar-refractivity contribution < 1.29 is 14.6 Å². The molecule has 0 bridgehead atoms. The van der Waals surface area contributed by atoms with E-state index in [1.54, 1.807) is 12.1 Å². The molecule has 104 valence electrons. The van der Waals surface area contributed by atoms with Crippen LogP contribution >= 0.6 is 11.6 Å². The van der Waals surface area contributed by atoms with E-state index in [-0.39, 0.29) is 22.2 Å². The van der Waals surface area contributed by atoms with Crippen LogP contribution in [0.1, 0.15) is 10.4 Å². The molecule has 0 fully saturated rings. The largest absolute Gasteiger partial charge is 0.478 e. The van der Waals surface area contributed by atoms with Crippen molar-refractivity contribution in [3.8, 4) is 11.6 Å². The maximum Gasteiger partial charge on any atom is 0.339 e. The van der Waals surface area contributed by atoms with E-state index in [9.17, 15) is 9.90 Å². The highest BCUT2D eigenvalue weighted by atomic mass is 35.5. The summed E-state index contributed by atoms with van der Waals surface area (Å²) in [6.45, 7) is 0. The van der Waals surface area contributed by atoms with Gasteiger partial charge in [0.15, 0.2) is 0 Å². The summed E-state index contributed by atoms with van der Waals surface area (Å²) in [7, 11) is 0. The van der Waals surface area contributed by atoms with Gasteiger partial charge >= 0.3 is 5.97 Å². The molecule has 1 aromatic heterocycles. The molecule has 1 heterocycles.